The van der Waals surface area contributed by atoms with Crippen LogP contribution in [-0.4, -0.2) is 23.8 Å². The molecule has 2 bridgehead atoms. The zero-order valence-electron chi connectivity index (χ0n) is 11.3. The summed E-state index contributed by atoms with van der Waals surface area (Å²) in [5.41, 5.74) is 0. The van der Waals surface area contributed by atoms with Gasteiger partial charge in [0, 0.05) is 24.0 Å². The third-order valence-electron chi connectivity index (χ3n) is 4.01. The zero-order valence-corrected chi connectivity index (χ0v) is 12.1. The van der Waals surface area contributed by atoms with E-state index < -0.39 is 0 Å². The Balaban J connectivity index is 1.59. The molecular formula is C14H17N3O2S. The number of amides is 2. The van der Waals surface area contributed by atoms with Crippen molar-refractivity contribution in [3.8, 4) is 0 Å². The lowest BCUT2D eigenvalue weighted by atomic mass is 9.93. The van der Waals surface area contributed by atoms with Gasteiger partial charge in [0.25, 0.3) is 0 Å². The van der Waals surface area contributed by atoms with Gasteiger partial charge in [-0.05, 0) is 24.7 Å². The fraction of sp³-hybridized carbons (Fsp3) is 0.500. The Kier molecular flexibility index (Phi) is 3.56. The highest BCUT2D eigenvalue weighted by molar-refractivity contribution is 7.15. The average molecular weight is 291 g/mol. The van der Waals surface area contributed by atoms with E-state index in [1.165, 1.54) is 11.3 Å². The molecular weight excluding hydrogens is 274 g/mol. The first-order valence-corrected chi connectivity index (χ1v) is 7.62. The quantitative estimate of drug-likeness (QED) is 0.827. The SMILES string of the molecule is CNC(=O)Cc1cnc(NC(=O)[C@@H]2C[C@@H]3C=C[C@H]2C3)s1. The molecule has 3 rings (SSSR count). The number of fused-ring (bicyclic) bond motifs is 2. The summed E-state index contributed by atoms with van der Waals surface area (Å²) in [6.07, 6.45) is 8.40. The number of rotatable bonds is 4. The van der Waals surface area contributed by atoms with Crippen LogP contribution in [0.4, 0.5) is 5.13 Å². The highest BCUT2D eigenvalue weighted by atomic mass is 32.1. The van der Waals surface area contributed by atoms with Crippen molar-refractivity contribution in [2.75, 3.05) is 12.4 Å². The summed E-state index contributed by atoms with van der Waals surface area (Å²) in [5.74, 6) is 1.06. The predicted octanol–water partition coefficient (Wildman–Crippen LogP) is 1.58. The van der Waals surface area contributed by atoms with E-state index in [0.717, 1.165) is 17.7 Å². The van der Waals surface area contributed by atoms with E-state index in [4.69, 9.17) is 0 Å². The first-order chi connectivity index (χ1) is 9.65. The van der Waals surface area contributed by atoms with Gasteiger partial charge in [0.2, 0.25) is 11.8 Å². The second-order valence-corrected chi connectivity index (χ2v) is 6.47. The number of hydrogen-bond acceptors (Lipinski definition) is 4. The molecule has 1 aromatic heterocycles. The summed E-state index contributed by atoms with van der Waals surface area (Å²) in [7, 11) is 1.61. The van der Waals surface area contributed by atoms with Crippen LogP contribution in [0, 0.1) is 17.8 Å². The molecule has 1 aromatic rings. The molecule has 0 aromatic carbocycles. The van der Waals surface area contributed by atoms with Crippen LogP contribution in [0.2, 0.25) is 0 Å². The molecule has 1 saturated carbocycles. The minimum Gasteiger partial charge on any atom is -0.359 e. The van der Waals surface area contributed by atoms with Crippen molar-refractivity contribution < 1.29 is 9.59 Å². The van der Waals surface area contributed by atoms with Gasteiger partial charge in [-0.15, -0.1) is 11.3 Å². The zero-order chi connectivity index (χ0) is 14.1. The average Bonchev–Trinajstić information content (AvgIpc) is 3.14. The highest BCUT2D eigenvalue weighted by Crippen LogP contribution is 2.43. The maximum absolute atomic E-state index is 12.2. The molecule has 1 heterocycles. The summed E-state index contributed by atoms with van der Waals surface area (Å²) in [6.45, 7) is 0. The molecule has 5 nitrogen and oxygen atoms in total. The van der Waals surface area contributed by atoms with Gasteiger partial charge in [-0.3, -0.25) is 9.59 Å². The Morgan fingerprint density at radius 1 is 1.40 bits per heavy atom. The number of aromatic nitrogens is 1. The van der Waals surface area contributed by atoms with E-state index in [-0.39, 0.29) is 17.7 Å². The van der Waals surface area contributed by atoms with Crippen molar-refractivity contribution in [2.24, 2.45) is 17.8 Å². The van der Waals surface area contributed by atoms with Crippen LogP contribution in [-0.2, 0) is 16.0 Å². The Hall–Kier alpha value is -1.69. The van der Waals surface area contributed by atoms with Crippen molar-refractivity contribution in [3.63, 3.8) is 0 Å². The van der Waals surface area contributed by atoms with Crippen molar-refractivity contribution in [1.82, 2.24) is 10.3 Å². The Morgan fingerprint density at radius 2 is 2.25 bits per heavy atom. The number of anilines is 1. The van der Waals surface area contributed by atoms with Crippen LogP contribution in [0.15, 0.2) is 18.3 Å². The highest BCUT2D eigenvalue weighted by Gasteiger charge is 2.39. The maximum atomic E-state index is 12.2. The topological polar surface area (TPSA) is 71.1 Å². The summed E-state index contributed by atoms with van der Waals surface area (Å²) < 4.78 is 0. The van der Waals surface area contributed by atoms with Gasteiger partial charge in [-0.1, -0.05) is 12.2 Å². The summed E-state index contributed by atoms with van der Waals surface area (Å²) >= 11 is 1.36. The third-order valence-corrected chi connectivity index (χ3v) is 4.93. The number of nitrogens with zero attached hydrogens (tertiary/aromatic N) is 1. The number of carbonyl (C=O) groups is 2. The molecule has 3 atom stereocenters. The summed E-state index contributed by atoms with van der Waals surface area (Å²) in [5, 5.41) is 6.04. The van der Waals surface area contributed by atoms with Crippen molar-refractivity contribution >= 4 is 28.3 Å². The van der Waals surface area contributed by atoms with E-state index in [0.29, 0.717) is 23.4 Å². The maximum Gasteiger partial charge on any atom is 0.229 e. The van der Waals surface area contributed by atoms with Gasteiger partial charge in [-0.25, -0.2) is 4.98 Å². The van der Waals surface area contributed by atoms with E-state index in [2.05, 4.69) is 27.8 Å². The fourth-order valence-corrected chi connectivity index (χ4v) is 3.79. The Bertz CT molecular complexity index is 567. The third kappa shape index (κ3) is 2.60. The number of likely N-dealkylation sites (N-methyl/N-ethyl adjacent to an activating group) is 1. The van der Waals surface area contributed by atoms with Gasteiger partial charge in [0.05, 0.1) is 6.42 Å². The van der Waals surface area contributed by atoms with Crippen LogP contribution in [0.1, 0.15) is 17.7 Å². The van der Waals surface area contributed by atoms with Gasteiger partial charge in [0.15, 0.2) is 5.13 Å². The molecule has 0 saturated heterocycles. The lowest BCUT2D eigenvalue weighted by molar-refractivity contribution is -0.121. The molecule has 6 heteroatoms. The number of allylic oxidation sites excluding steroid dienone is 2. The first kappa shape index (κ1) is 13.3. The van der Waals surface area contributed by atoms with Gasteiger partial charge in [0.1, 0.15) is 0 Å². The lowest BCUT2D eigenvalue weighted by Crippen LogP contribution is -2.25. The fourth-order valence-electron chi connectivity index (χ4n) is 2.97. The number of hydrogen-bond donors (Lipinski definition) is 2. The molecule has 0 aliphatic heterocycles. The molecule has 0 unspecified atom stereocenters. The molecule has 2 aliphatic rings. The number of nitrogens with one attached hydrogen (secondary N) is 2. The van der Waals surface area contributed by atoms with Gasteiger partial charge < -0.3 is 10.6 Å². The molecule has 2 aliphatic carbocycles. The molecule has 0 radical (unpaired) electrons. The van der Waals surface area contributed by atoms with Crippen molar-refractivity contribution in [3.05, 3.63) is 23.2 Å². The van der Waals surface area contributed by atoms with Crippen LogP contribution < -0.4 is 10.6 Å². The van der Waals surface area contributed by atoms with Crippen molar-refractivity contribution in [2.45, 2.75) is 19.3 Å². The predicted molar refractivity (Wildman–Crippen MR) is 77.4 cm³/mol. The molecule has 2 amide bonds. The van der Waals surface area contributed by atoms with E-state index in [1.54, 1.807) is 13.2 Å². The van der Waals surface area contributed by atoms with Crippen LogP contribution in [0.5, 0.6) is 0 Å². The molecule has 106 valence electrons. The molecule has 1 fully saturated rings. The lowest BCUT2D eigenvalue weighted by Gasteiger charge is -2.16. The van der Waals surface area contributed by atoms with E-state index in [1.807, 2.05) is 0 Å². The standard InChI is InChI=1S/C14H17N3O2S/c1-15-12(18)6-10-7-16-14(20-10)17-13(19)11-5-8-2-3-9(11)4-8/h2-3,7-9,11H,4-6H2,1H3,(H,15,18)(H,16,17,19)/t8-,9+,11-/m1/s1. The monoisotopic (exact) mass is 291 g/mol. The summed E-state index contributed by atoms with van der Waals surface area (Å²) in [6, 6.07) is 0. The smallest absolute Gasteiger partial charge is 0.229 e. The minimum absolute atomic E-state index is 0.0511. The Morgan fingerprint density at radius 3 is 2.90 bits per heavy atom. The van der Waals surface area contributed by atoms with Crippen LogP contribution >= 0.6 is 11.3 Å². The molecule has 2 N–H and O–H groups in total. The van der Waals surface area contributed by atoms with E-state index >= 15 is 0 Å². The molecule has 0 spiro atoms. The van der Waals surface area contributed by atoms with Gasteiger partial charge >= 0.3 is 0 Å². The van der Waals surface area contributed by atoms with Crippen LogP contribution in [0.25, 0.3) is 0 Å². The minimum atomic E-state index is -0.0511. The first-order valence-electron chi connectivity index (χ1n) is 6.80. The Labute approximate surface area is 121 Å². The largest absolute Gasteiger partial charge is 0.359 e. The van der Waals surface area contributed by atoms with E-state index in [9.17, 15) is 9.59 Å². The second kappa shape index (κ2) is 5.36. The van der Waals surface area contributed by atoms with Crippen LogP contribution in [0.3, 0.4) is 0 Å². The normalized spacial score (nSPS) is 26.8. The van der Waals surface area contributed by atoms with Crippen molar-refractivity contribution in [1.29, 1.82) is 0 Å². The second-order valence-electron chi connectivity index (χ2n) is 5.36. The number of thiazole rings is 1. The van der Waals surface area contributed by atoms with Gasteiger partial charge in [-0.2, -0.15) is 0 Å². The molecule has 20 heavy (non-hydrogen) atoms. The summed E-state index contributed by atoms with van der Waals surface area (Å²) in [4.78, 5) is 28.5. The number of carbonyl (C=O) groups excluding carboxylic acids is 2.